The minimum atomic E-state index is 0.0929. The van der Waals surface area contributed by atoms with Gasteiger partial charge in [-0.1, -0.05) is 6.92 Å². The normalized spacial score (nSPS) is 11.8. The van der Waals surface area contributed by atoms with Crippen molar-refractivity contribution >= 4 is 0 Å². The van der Waals surface area contributed by atoms with E-state index in [0.29, 0.717) is 0 Å². The molecule has 0 aromatic carbocycles. The SMILES string of the molecule is CCc1nccn1-c1ccncc1CNC(C)(C)C. The van der Waals surface area contributed by atoms with E-state index in [-0.39, 0.29) is 5.54 Å². The molecular weight excluding hydrogens is 236 g/mol. The zero-order chi connectivity index (χ0) is 13.9. The second-order valence-corrected chi connectivity index (χ2v) is 5.67. The lowest BCUT2D eigenvalue weighted by Gasteiger charge is -2.21. The van der Waals surface area contributed by atoms with Gasteiger partial charge < -0.3 is 9.88 Å². The molecule has 0 bridgehead atoms. The van der Waals surface area contributed by atoms with Gasteiger partial charge in [0.2, 0.25) is 0 Å². The Morgan fingerprint density at radius 2 is 2.05 bits per heavy atom. The minimum Gasteiger partial charge on any atom is -0.308 e. The first-order valence-electron chi connectivity index (χ1n) is 6.72. The maximum absolute atomic E-state index is 4.38. The van der Waals surface area contributed by atoms with Crippen molar-refractivity contribution in [2.75, 3.05) is 0 Å². The van der Waals surface area contributed by atoms with Crippen molar-refractivity contribution in [1.29, 1.82) is 0 Å². The third kappa shape index (κ3) is 3.41. The predicted molar refractivity (Wildman–Crippen MR) is 77.3 cm³/mol. The number of aromatic nitrogens is 3. The monoisotopic (exact) mass is 258 g/mol. The van der Waals surface area contributed by atoms with Crippen molar-refractivity contribution in [2.24, 2.45) is 0 Å². The number of nitrogens with zero attached hydrogens (tertiary/aromatic N) is 3. The lowest BCUT2D eigenvalue weighted by molar-refractivity contribution is 0.423. The third-order valence-electron chi connectivity index (χ3n) is 2.98. The van der Waals surface area contributed by atoms with E-state index < -0.39 is 0 Å². The summed E-state index contributed by atoms with van der Waals surface area (Å²) in [5.74, 6) is 1.07. The zero-order valence-corrected chi connectivity index (χ0v) is 12.1. The Hall–Kier alpha value is -1.68. The fourth-order valence-electron chi connectivity index (χ4n) is 1.97. The van der Waals surface area contributed by atoms with Gasteiger partial charge in [0.15, 0.2) is 0 Å². The van der Waals surface area contributed by atoms with E-state index in [4.69, 9.17) is 0 Å². The third-order valence-corrected chi connectivity index (χ3v) is 2.98. The number of hydrogen-bond acceptors (Lipinski definition) is 3. The fraction of sp³-hybridized carbons (Fsp3) is 0.467. The highest BCUT2D eigenvalue weighted by molar-refractivity contribution is 5.40. The molecule has 0 aliphatic rings. The van der Waals surface area contributed by atoms with E-state index in [1.807, 2.05) is 30.9 Å². The molecule has 0 aliphatic heterocycles. The van der Waals surface area contributed by atoms with Gasteiger partial charge in [0, 0.05) is 48.9 Å². The van der Waals surface area contributed by atoms with Gasteiger partial charge in [0.1, 0.15) is 5.82 Å². The molecule has 0 unspecified atom stereocenters. The van der Waals surface area contributed by atoms with Crippen LogP contribution < -0.4 is 5.32 Å². The predicted octanol–water partition coefficient (Wildman–Crippen LogP) is 2.72. The molecule has 0 saturated carbocycles. The quantitative estimate of drug-likeness (QED) is 0.917. The molecule has 0 saturated heterocycles. The van der Waals surface area contributed by atoms with Crippen LogP contribution in [0, 0.1) is 0 Å². The highest BCUT2D eigenvalue weighted by atomic mass is 15.1. The van der Waals surface area contributed by atoms with E-state index in [0.717, 1.165) is 24.5 Å². The summed E-state index contributed by atoms with van der Waals surface area (Å²) in [5, 5.41) is 3.50. The Labute approximate surface area is 114 Å². The number of pyridine rings is 1. The molecule has 0 amide bonds. The fourth-order valence-corrected chi connectivity index (χ4v) is 1.97. The van der Waals surface area contributed by atoms with Crippen LogP contribution in [0.15, 0.2) is 30.9 Å². The Bertz CT molecular complexity index is 537. The van der Waals surface area contributed by atoms with Crippen LogP contribution in [0.4, 0.5) is 0 Å². The van der Waals surface area contributed by atoms with Crippen LogP contribution in [-0.4, -0.2) is 20.1 Å². The van der Waals surface area contributed by atoms with E-state index in [1.54, 1.807) is 0 Å². The van der Waals surface area contributed by atoms with E-state index >= 15 is 0 Å². The molecule has 2 aromatic rings. The molecule has 4 nitrogen and oxygen atoms in total. The maximum atomic E-state index is 4.38. The highest BCUT2D eigenvalue weighted by Crippen LogP contribution is 2.16. The molecule has 19 heavy (non-hydrogen) atoms. The molecule has 2 rings (SSSR count). The summed E-state index contributed by atoms with van der Waals surface area (Å²) < 4.78 is 2.14. The molecule has 102 valence electrons. The Balaban J connectivity index is 2.31. The van der Waals surface area contributed by atoms with Crippen molar-refractivity contribution in [3.8, 4) is 5.69 Å². The summed E-state index contributed by atoms with van der Waals surface area (Å²) in [6.45, 7) is 9.41. The van der Waals surface area contributed by atoms with Gasteiger partial charge in [-0.3, -0.25) is 4.98 Å². The Morgan fingerprint density at radius 3 is 2.74 bits per heavy atom. The first-order chi connectivity index (χ1) is 9.01. The second-order valence-electron chi connectivity index (χ2n) is 5.67. The molecule has 4 heteroatoms. The lowest BCUT2D eigenvalue weighted by Crippen LogP contribution is -2.35. The van der Waals surface area contributed by atoms with Gasteiger partial charge in [-0.15, -0.1) is 0 Å². The number of imidazole rings is 1. The zero-order valence-electron chi connectivity index (χ0n) is 12.1. The summed E-state index contributed by atoms with van der Waals surface area (Å²) in [7, 11) is 0. The van der Waals surface area contributed by atoms with Crippen LogP contribution >= 0.6 is 0 Å². The number of hydrogen-bond donors (Lipinski definition) is 1. The maximum Gasteiger partial charge on any atom is 0.112 e. The summed E-state index contributed by atoms with van der Waals surface area (Å²) in [6, 6.07) is 2.04. The molecule has 2 heterocycles. The molecule has 0 atom stereocenters. The summed E-state index contributed by atoms with van der Waals surface area (Å²) >= 11 is 0. The van der Waals surface area contributed by atoms with E-state index in [2.05, 4.69) is 47.5 Å². The molecule has 0 radical (unpaired) electrons. The van der Waals surface area contributed by atoms with Crippen molar-refractivity contribution in [3.63, 3.8) is 0 Å². The van der Waals surface area contributed by atoms with Crippen LogP contribution in [0.5, 0.6) is 0 Å². The summed E-state index contributed by atoms with van der Waals surface area (Å²) in [6.07, 6.45) is 8.53. The number of nitrogens with one attached hydrogen (secondary N) is 1. The average molecular weight is 258 g/mol. The first kappa shape index (κ1) is 13.7. The second kappa shape index (κ2) is 5.53. The first-order valence-corrected chi connectivity index (χ1v) is 6.72. The largest absolute Gasteiger partial charge is 0.308 e. The topological polar surface area (TPSA) is 42.7 Å². The summed E-state index contributed by atoms with van der Waals surface area (Å²) in [4.78, 5) is 8.62. The number of aryl methyl sites for hydroxylation is 1. The Morgan fingerprint density at radius 1 is 1.26 bits per heavy atom. The van der Waals surface area contributed by atoms with E-state index in [9.17, 15) is 0 Å². The van der Waals surface area contributed by atoms with Crippen LogP contribution in [0.25, 0.3) is 5.69 Å². The van der Waals surface area contributed by atoms with Gasteiger partial charge in [-0.2, -0.15) is 0 Å². The van der Waals surface area contributed by atoms with Gasteiger partial charge in [-0.05, 0) is 26.8 Å². The molecular formula is C15H22N4. The van der Waals surface area contributed by atoms with Crippen LogP contribution in [0.3, 0.4) is 0 Å². The molecule has 2 aromatic heterocycles. The minimum absolute atomic E-state index is 0.0929. The Kier molecular flexibility index (Phi) is 4.00. The molecule has 0 aliphatic carbocycles. The molecule has 0 spiro atoms. The van der Waals surface area contributed by atoms with E-state index in [1.165, 1.54) is 5.56 Å². The standard InChI is InChI=1S/C15H22N4/c1-5-14-17-8-9-19(14)13-6-7-16-10-12(13)11-18-15(2,3)4/h6-10,18H,5,11H2,1-4H3. The lowest BCUT2D eigenvalue weighted by atomic mass is 10.1. The molecule has 0 fully saturated rings. The van der Waals surface area contributed by atoms with Crippen molar-refractivity contribution in [2.45, 2.75) is 46.2 Å². The summed E-state index contributed by atoms with van der Waals surface area (Å²) in [5.41, 5.74) is 2.43. The van der Waals surface area contributed by atoms with Gasteiger partial charge >= 0.3 is 0 Å². The average Bonchev–Trinajstić information content (AvgIpc) is 2.84. The van der Waals surface area contributed by atoms with Crippen molar-refractivity contribution in [3.05, 3.63) is 42.2 Å². The van der Waals surface area contributed by atoms with Crippen molar-refractivity contribution in [1.82, 2.24) is 19.9 Å². The van der Waals surface area contributed by atoms with Crippen LogP contribution in [0.2, 0.25) is 0 Å². The smallest absolute Gasteiger partial charge is 0.112 e. The van der Waals surface area contributed by atoms with Gasteiger partial charge in [0.25, 0.3) is 0 Å². The number of rotatable bonds is 4. The van der Waals surface area contributed by atoms with Gasteiger partial charge in [0.05, 0.1) is 5.69 Å². The molecule has 1 N–H and O–H groups in total. The van der Waals surface area contributed by atoms with Gasteiger partial charge in [-0.25, -0.2) is 4.98 Å². The van der Waals surface area contributed by atoms with Crippen LogP contribution in [0.1, 0.15) is 39.1 Å². The van der Waals surface area contributed by atoms with Crippen LogP contribution in [-0.2, 0) is 13.0 Å². The van der Waals surface area contributed by atoms with Crippen molar-refractivity contribution < 1.29 is 0 Å². The highest BCUT2D eigenvalue weighted by Gasteiger charge is 2.12.